The molecule has 0 spiro atoms. The van der Waals surface area contributed by atoms with Crippen molar-refractivity contribution < 1.29 is 53.4 Å². The van der Waals surface area contributed by atoms with Gasteiger partial charge in [-0.05, 0) is 13.3 Å². The van der Waals surface area contributed by atoms with Crippen LogP contribution >= 0.6 is 0 Å². The maximum Gasteiger partial charge on any atom is 0.384 e. The highest BCUT2D eigenvalue weighted by atomic mass is 19.4. The van der Waals surface area contributed by atoms with Gasteiger partial charge >= 0.3 is 35.4 Å². The molecular formula is C10H8F10O2. The molecule has 2 unspecified atom stereocenters. The maximum atomic E-state index is 14.2. The number of halogens is 10. The van der Waals surface area contributed by atoms with Crippen LogP contribution in [0.25, 0.3) is 0 Å². The van der Waals surface area contributed by atoms with Crippen molar-refractivity contribution in [3.8, 4) is 0 Å². The quantitative estimate of drug-likeness (QED) is 0.665. The van der Waals surface area contributed by atoms with Crippen molar-refractivity contribution in [1.29, 1.82) is 0 Å². The van der Waals surface area contributed by atoms with E-state index in [1.54, 1.807) is 0 Å². The Kier molecular flexibility index (Phi) is 3.05. The summed E-state index contributed by atoms with van der Waals surface area (Å²) < 4.78 is 142. The molecule has 0 aromatic heterocycles. The number of hydrogen-bond donors (Lipinski definition) is 0. The van der Waals surface area contributed by atoms with Crippen LogP contribution in [0.2, 0.25) is 0 Å². The van der Waals surface area contributed by atoms with E-state index in [2.05, 4.69) is 9.47 Å². The van der Waals surface area contributed by atoms with Crippen LogP contribution in [-0.2, 0) is 9.47 Å². The Bertz CT molecular complexity index is 466. The maximum absolute atomic E-state index is 14.2. The van der Waals surface area contributed by atoms with Crippen molar-refractivity contribution in [3.05, 3.63) is 0 Å². The van der Waals surface area contributed by atoms with Crippen molar-refractivity contribution in [1.82, 2.24) is 0 Å². The standard InChI is InChI=1S/C10H8F10O2/c1-3-4(2)21-9(19)7(15,16)5(11,12)6(13,14)8(17,18)10(9,20)22-4/h3H2,1-2H3. The molecule has 1 heterocycles. The zero-order chi connectivity index (χ0) is 17.6. The van der Waals surface area contributed by atoms with E-state index in [9.17, 15) is 43.9 Å². The second-order valence-corrected chi connectivity index (χ2v) is 5.18. The fourth-order valence-electron chi connectivity index (χ4n) is 2.22. The van der Waals surface area contributed by atoms with Gasteiger partial charge in [0.15, 0.2) is 5.79 Å². The SMILES string of the molecule is CCC1(C)OC2(F)C(F)(F)C(F)(F)C(F)(F)C(F)(F)C2(F)O1. The first kappa shape index (κ1) is 17.6. The van der Waals surface area contributed by atoms with Gasteiger partial charge in [-0.1, -0.05) is 6.92 Å². The number of fused-ring (bicyclic) bond motifs is 1. The Morgan fingerprint density at radius 1 is 0.591 bits per heavy atom. The number of ether oxygens (including phenoxy) is 2. The summed E-state index contributed by atoms with van der Waals surface area (Å²) in [4.78, 5) is 0. The lowest BCUT2D eigenvalue weighted by molar-refractivity contribution is -0.507. The normalized spacial score (nSPS) is 48.0. The summed E-state index contributed by atoms with van der Waals surface area (Å²) in [5.74, 6) is -41.7. The van der Waals surface area contributed by atoms with Gasteiger partial charge in [0, 0.05) is 0 Å². The molecule has 0 amide bonds. The summed E-state index contributed by atoms with van der Waals surface area (Å²) in [5.41, 5.74) is 0. The second-order valence-electron chi connectivity index (χ2n) is 5.18. The molecule has 22 heavy (non-hydrogen) atoms. The Labute approximate surface area is 116 Å². The fraction of sp³-hybridized carbons (Fsp3) is 1.00. The molecule has 2 fully saturated rings. The second kappa shape index (κ2) is 3.82. The van der Waals surface area contributed by atoms with Crippen LogP contribution in [0.1, 0.15) is 20.3 Å². The van der Waals surface area contributed by atoms with Crippen LogP contribution in [0.5, 0.6) is 0 Å². The van der Waals surface area contributed by atoms with Gasteiger partial charge in [-0.15, -0.1) is 0 Å². The third-order valence-electron chi connectivity index (χ3n) is 3.76. The van der Waals surface area contributed by atoms with Gasteiger partial charge in [0.25, 0.3) is 0 Å². The van der Waals surface area contributed by atoms with Crippen molar-refractivity contribution in [3.63, 3.8) is 0 Å². The summed E-state index contributed by atoms with van der Waals surface area (Å²) in [6.45, 7) is 1.42. The minimum atomic E-state index is -6.93. The fourth-order valence-corrected chi connectivity index (χ4v) is 2.22. The van der Waals surface area contributed by atoms with E-state index in [4.69, 9.17) is 0 Å². The summed E-state index contributed by atoms with van der Waals surface area (Å²) in [6, 6.07) is 0. The molecule has 0 aromatic rings. The van der Waals surface area contributed by atoms with Crippen molar-refractivity contribution in [2.75, 3.05) is 0 Å². The molecule has 0 bridgehead atoms. The molecule has 2 atom stereocenters. The highest BCUT2D eigenvalue weighted by Crippen LogP contribution is 2.72. The predicted octanol–water partition coefficient (Wildman–Crippen LogP) is 4.05. The minimum absolute atomic E-state index is 0.469. The highest BCUT2D eigenvalue weighted by molar-refractivity contribution is 5.26. The van der Waals surface area contributed by atoms with E-state index in [0.717, 1.165) is 6.92 Å². The molecule has 2 nitrogen and oxygen atoms in total. The summed E-state index contributed by atoms with van der Waals surface area (Å²) >= 11 is 0. The van der Waals surface area contributed by atoms with Gasteiger partial charge < -0.3 is 9.47 Å². The first-order valence-corrected chi connectivity index (χ1v) is 5.77. The van der Waals surface area contributed by atoms with Gasteiger partial charge in [-0.2, -0.15) is 43.9 Å². The average Bonchev–Trinajstić information content (AvgIpc) is 2.58. The van der Waals surface area contributed by atoms with Crippen molar-refractivity contribution in [2.45, 2.75) is 61.5 Å². The van der Waals surface area contributed by atoms with Gasteiger partial charge in [0.05, 0.1) is 0 Å². The van der Waals surface area contributed by atoms with Crippen LogP contribution in [0.4, 0.5) is 43.9 Å². The van der Waals surface area contributed by atoms with Crippen molar-refractivity contribution >= 4 is 0 Å². The molecule has 0 radical (unpaired) electrons. The summed E-state index contributed by atoms with van der Waals surface area (Å²) in [6.07, 6.45) is -0.770. The Morgan fingerprint density at radius 3 is 1.09 bits per heavy atom. The lowest BCUT2D eigenvalue weighted by Gasteiger charge is -2.50. The van der Waals surface area contributed by atoms with E-state index in [0.29, 0.717) is 6.92 Å². The molecule has 0 N–H and O–H groups in total. The summed E-state index contributed by atoms with van der Waals surface area (Å²) in [7, 11) is 0. The molecule has 130 valence electrons. The zero-order valence-electron chi connectivity index (χ0n) is 10.8. The van der Waals surface area contributed by atoms with Crippen LogP contribution in [-0.4, -0.2) is 41.2 Å². The number of hydrogen-bond acceptors (Lipinski definition) is 2. The molecule has 12 heteroatoms. The largest absolute Gasteiger partial charge is 0.384 e. The Balaban J connectivity index is 2.82. The third-order valence-corrected chi connectivity index (χ3v) is 3.76. The molecular weight excluding hydrogens is 342 g/mol. The molecule has 2 aliphatic rings. The monoisotopic (exact) mass is 350 g/mol. The highest BCUT2D eigenvalue weighted by Gasteiger charge is 3.04. The van der Waals surface area contributed by atoms with Crippen molar-refractivity contribution in [2.24, 2.45) is 0 Å². The molecule has 1 aliphatic heterocycles. The summed E-state index contributed by atoms with van der Waals surface area (Å²) in [5, 5.41) is 0. The van der Waals surface area contributed by atoms with Gasteiger partial charge in [0.1, 0.15) is 0 Å². The van der Waals surface area contributed by atoms with Crippen LogP contribution < -0.4 is 0 Å². The lowest BCUT2D eigenvalue weighted by atomic mass is 9.78. The molecule has 2 rings (SSSR count). The topological polar surface area (TPSA) is 18.5 Å². The molecule has 1 saturated heterocycles. The molecule has 0 aromatic carbocycles. The smallest absolute Gasteiger partial charge is 0.304 e. The number of alkyl halides is 10. The van der Waals surface area contributed by atoms with Crippen LogP contribution in [0.15, 0.2) is 0 Å². The van der Waals surface area contributed by atoms with Crippen LogP contribution in [0.3, 0.4) is 0 Å². The van der Waals surface area contributed by atoms with E-state index >= 15 is 0 Å². The van der Waals surface area contributed by atoms with Crippen LogP contribution in [0, 0.1) is 0 Å². The Morgan fingerprint density at radius 2 is 0.864 bits per heavy atom. The Hall–Kier alpha value is -0.780. The molecule has 1 saturated carbocycles. The van der Waals surface area contributed by atoms with Gasteiger partial charge in [-0.25, -0.2) is 0 Å². The predicted molar refractivity (Wildman–Crippen MR) is 48.3 cm³/mol. The third kappa shape index (κ3) is 1.37. The first-order chi connectivity index (χ1) is 9.47. The van der Waals surface area contributed by atoms with E-state index < -0.39 is 47.6 Å². The lowest BCUT2D eigenvalue weighted by Crippen LogP contribution is -2.84. The van der Waals surface area contributed by atoms with E-state index in [1.807, 2.05) is 0 Å². The first-order valence-electron chi connectivity index (χ1n) is 5.77. The van der Waals surface area contributed by atoms with E-state index in [-0.39, 0.29) is 0 Å². The minimum Gasteiger partial charge on any atom is -0.304 e. The zero-order valence-corrected chi connectivity index (χ0v) is 10.8. The van der Waals surface area contributed by atoms with Gasteiger partial charge in [-0.3, -0.25) is 0 Å². The average molecular weight is 350 g/mol. The van der Waals surface area contributed by atoms with Gasteiger partial charge in [0.2, 0.25) is 0 Å². The number of rotatable bonds is 1. The van der Waals surface area contributed by atoms with E-state index in [1.165, 1.54) is 0 Å². The molecule has 1 aliphatic carbocycles.